The summed E-state index contributed by atoms with van der Waals surface area (Å²) >= 11 is 0. The number of rotatable bonds is 4. The number of hydrogen-bond acceptors (Lipinski definition) is 8. The maximum absolute atomic E-state index is 11.4. The number of hydrogen-bond donors (Lipinski definition) is 2. The molecule has 1 aromatic carbocycles. The molecule has 0 spiro atoms. The van der Waals surface area contributed by atoms with Gasteiger partial charge < -0.3 is 34.2 Å². The lowest BCUT2D eigenvalue weighted by Crippen LogP contribution is -2.65. The average Bonchev–Trinajstić information content (AvgIpc) is 2.58. The van der Waals surface area contributed by atoms with Crippen molar-refractivity contribution in [3.8, 4) is 5.75 Å². The van der Waals surface area contributed by atoms with Gasteiger partial charge in [0.1, 0.15) is 17.4 Å². The van der Waals surface area contributed by atoms with Gasteiger partial charge in [-0.1, -0.05) is 0 Å². The smallest absolute Gasteiger partial charge is 0.404 e. The van der Waals surface area contributed by atoms with Gasteiger partial charge in [0.05, 0.1) is 5.60 Å². The van der Waals surface area contributed by atoms with Gasteiger partial charge in [-0.2, -0.15) is 0 Å². The summed E-state index contributed by atoms with van der Waals surface area (Å²) in [5.74, 6) is 0.297. The Bertz CT molecular complexity index is 892. The van der Waals surface area contributed by atoms with Crippen molar-refractivity contribution in [3.63, 3.8) is 0 Å². The highest BCUT2D eigenvalue weighted by Gasteiger charge is 2.53. The molecule has 4 atom stereocenters. The predicted molar refractivity (Wildman–Crippen MR) is 93.3 cm³/mol. The fourth-order valence-corrected chi connectivity index (χ4v) is 3.19. The van der Waals surface area contributed by atoms with Crippen molar-refractivity contribution in [1.29, 1.82) is 0 Å². The molecule has 2 heterocycles. The quantitative estimate of drug-likeness (QED) is 0.757. The predicted octanol–water partition coefficient (Wildman–Crippen LogP) is 1.15. The van der Waals surface area contributed by atoms with Crippen LogP contribution in [0.3, 0.4) is 0 Å². The summed E-state index contributed by atoms with van der Waals surface area (Å²) in [4.78, 5) is 22.6. The van der Waals surface area contributed by atoms with Crippen LogP contribution in [0, 0.1) is 0 Å². The topological polar surface area (TPSA) is 130 Å². The van der Waals surface area contributed by atoms with Gasteiger partial charge in [0.25, 0.3) is 0 Å². The third-order valence-electron chi connectivity index (χ3n) is 4.37. The summed E-state index contributed by atoms with van der Waals surface area (Å²) in [6.45, 7) is 3.42. The summed E-state index contributed by atoms with van der Waals surface area (Å²) in [7, 11) is 1.41. The van der Waals surface area contributed by atoms with Crippen LogP contribution in [0.1, 0.15) is 13.8 Å². The summed E-state index contributed by atoms with van der Waals surface area (Å²) in [5.41, 5.74) is 3.99. The number of nitrogens with two attached hydrogens (primary N) is 1. The van der Waals surface area contributed by atoms with Crippen LogP contribution in [-0.4, -0.2) is 48.5 Å². The number of benzene rings is 1. The first-order valence-electron chi connectivity index (χ1n) is 8.26. The molecule has 1 amide bonds. The van der Waals surface area contributed by atoms with Gasteiger partial charge in [0.15, 0.2) is 12.2 Å². The number of ether oxygens (including phenoxy) is 4. The maximum atomic E-state index is 11.4. The zero-order valence-corrected chi connectivity index (χ0v) is 15.1. The highest BCUT2D eigenvalue weighted by atomic mass is 16.7. The number of methoxy groups -OCH3 is 1. The van der Waals surface area contributed by atoms with Crippen LogP contribution in [-0.2, 0) is 14.2 Å². The first-order valence-corrected chi connectivity index (χ1v) is 8.26. The van der Waals surface area contributed by atoms with Crippen molar-refractivity contribution in [2.45, 2.75) is 44.1 Å². The van der Waals surface area contributed by atoms with Crippen LogP contribution in [0.2, 0.25) is 0 Å². The number of carbonyl (C=O) groups is 1. The number of primary amides is 1. The minimum Gasteiger partial charge on any atom is -0.462 e. The highest BCUT2D eigenvalue weighted by molar-refractivity contribution is 5.77. The van der Waals surface area contributed by atoms with Crippen molar-refractivity contribution in [1.82, 2.24) is 0 Å². The molecule has 1 aromatic heterocycles. The van der Waals surface area contributed by atoms with Crippen LogP contribution < -0.4 is 16.1 Å². The highest BCUT2D eigenvalue weighted by Crippen LogP contribution is 2.34. The zero-order chi connectivity index (χ0) is 19.8. The number of fused-ring (bicyclic) bond motifs is 1. The second-order valence-electron chi connectivity index (χ2n) is 6.71. The molecule has 146 valence electrons. The summed E-state index contributed by atoms with van der Waals surface area (Å²) in [5, 5.41) is 11.3. The van der Waals surface area contributed by atoms with E-state index in [0.29, 0.717) is 16.7 Å². The van der Waals surface area contributed by atoms with E-state index in [0.717, 1.165) is 0 Å². The van der Waals surface area contributed by atoms with Gasteiger partial charge in [0.2, 0.25) is 6.29 Å². The van der Waals surface area contributed by atoms with E-state index in [-0.39, 0.29) is 0 Å². The van der Waals surface area contributed by atoms with Crippen molar-refractivity contribution in [3.05, 3.63) is 40.8 Å². The maximum Gasteiger partial charge on any atom is 0.404 e. The lowest BCUT2D eigenvalue weighted by Gasteiger charge is -2.47. The normalized spacial score (nSPS) is 27.3. The van der Waals surface area contributed by atoms with Gasteiger partial charge >= 0.3 is 11.7 Å². The Hall–Kier alpha value is -2.62. The molecule has 0 aliphatic carbocycles. The third kappa shape index (κ3) is 3.90. The molecular weight excluding hydrogens is 358 g/mol. The Morgan fingerprint density at radius 2 is 1.96 bits per heavy atom. The largest absolute Gasteiger partial charge is 0.462 e. The van der Waals surface area contributed by atoms with Crippen molar-refractivity contribution < 1.29 is 33.3 Å². The number of carbonyl (C=O) groups excluding carboxylic acids is 1. The molecule has 1 aliphatic heterocycles. The molecule has 27 heavy (non-hydrogen) atoms. The Morgan fingerprint density at radius 1 is 1.26 bits per heavy atom. The average molecular weight is 379 g/mol. The number of amides is 1. The van der Waals surface area contributed by atoms with Crippen LogP contribution >= 0.6 is 0 Å². The van der Waals surface area contributed by atoms with E-state index in [1.54, 1.807) is 32.0 Å². The Balaban J connectivity index is 1.89. The van der Waals surface area contributed by atoms with E-state index in [9.17, 15) is 14.7 Å². The first-order chi connectivity index (χ1) is 12.7. The third-order valence-corrected chi connectivity index (χ3v) is 4.37. The van der Waals surface area contributed by atoms with Crippen molar-refractivity contribution >= 4 is 17.1 Å². The molecule has 0 radical (unpaired) electrons. The van der Waals surface area contributed by atoms with E-state index in [2.05, 4.69) is 0 Å². The van der Waals surface area contributed by atoms with Crippen LogP contribution in [0.5, 0.6) is 5.75 Å². The molecule has 3 N–H and O–H groups in total. The van der Waals surface area contributed by atoms with E-state index >= 15 is 0 Å². The van der Waals surface area contributed by atoms with Gasteiger partial charge in [-0.15, -0.1) is 0 Å². The molecule has 2 aromatic rings. The Labute approximate surface area is 154 Å². The van der Waals surface area contributed by atoms with E-state index < -0.39 is 41.9 Å². The molecule has 9 heteroatoms. The molecule has 3 rings (SSSR count). The second-order valence-corrected chi connectivity index (χ2v) is 6.71. The molecular formula is C18H21NO8. The molecule has 1 unspecified atom stereocenters. The minimum absolute atomic E-state index is 0.297. The summed E-state index contributed by atoms with van der Waals surface area (Å²) in [6.07, 6.45) is -5.46. The summed E-state index contributed by atoms with van der Waals surface area (Å²) < 4.78 is 27.1. The number of aliphatic hydroxyl groups is 1. The Morgan fingerprint density at radius 3 is 2.63 bits per heavy atom. The molecule has 1 saturated heterocycles. The van der Waals surface area contributed by atoms with Gasteiger partial charge in [-0.25, -0.2) is 9.59 Å². The van der Waals surface area contributed by atoms with Crippen LogP contribution in [0.25, 0.3) is 11.0 Å². The van der Waals surface area contributed by atoms with Gasteiger partial charge in [0, 0.05) is 24.6 Å². The van der Waals surface area contributed by atoms with Crippen molar-refractivity contribution in [2.75, 3.05) is 7.11 Å². The number of aliphatic hydroxyl groups excluding tert-OH is 1. The molecule has 0 saturated carbocycles. The zero-order valence-electron chi connectivity index (χ0n) is 15.1. The molecule has 0 bridgehead atoms. The van der Waals surface area contributed by atoms with Crippen LogP contribution in [0.15, 0.2) is 39.5 Å². The SMILES string of the molecule is CO[C@@H]1[C@H](OC(N)=O)[C@H](O)C(Oc2ccc3ccc(=O)oc3c2)OC1(C)C. The standard InChI is InChI=1S/C18H21NO8/c1-18(2)15(23-3)14(26-17(19)22)13(21)16(27-18)24-10-6-4-9-5-7-12(20)25-11(9)8-10/h4-8,13-16,21H,1-3H3,(H2,19,22)/t13-,14+,15+,16?/m0/s1. The van der Waals surface area contributed by atoms with Gasteiger partial charge in [-0.05, 0) is 32.0 Å². The first kappa shape index (κ1) is 19.2. The lowest BCUT2D eigenvalue weighted by molar-refractivity contribution is -0.304. The fourth-order valence-electron chi connectivity index (χ4n) is 3.19. The summed E-state index contributed by atoms with van der Waals surface area (Å²) in [6, 6.07) is 7.78. The minimum atomic E-state index is -1.37. The van der Waals surface area contributed by atoms with Gasteiger partial charge in [-0.3, -0.25) is 0 Å². The van der Waals surface area contributed by atoms with Crippen LogP contribution in [0.4, 0.5) is 4.79 Å². The second kappa shape index (κ2) is 7.18. The monoisotopic (exact) mass is 379 g/mol. The van der Waals surface area contributed by atoms with E-state index in [4.69, 9.17) is 29.1 Å². The fraction of sp³-hybridized carbons (Fsp3) is 0.444. The molecule has 9 nitrogen and oxygen atoms in total. The molecule has 1 aliphatic rings. The van der Waals surface area contributed by atoms with E-state index in [1.165, 1.54) is 19.2 Å². The van der Waals surface area contributed by atoms with E-state index in [1.807, 2.05) is 0 Å². The molecule has 1 fully saturated rings. The van der Waals surface area contributed by atoms with Crippen molar-refractivity contribution in [2.24, 2.45) is 5.73 Å². The Kier molecular flexibility index (Phi) is 5.09. The lowest BCUT2D eigenvalue weighted by atomic mass is 9.89.